The third kappa shape index (κ3) is 4.05. The van der Waals surface area contributed by atoms with Crippen LogP contribution in [0.5, 0.6) is 5.75 Å². The third-order valence-corrected chi connectivity index (χ3v) is 4.19. The maximum atomic E-state index is 12.6. The van der Waals surface area contributed by atoms with E-state index in [-0.39, 0.29) is 5.78 Å². The highest BCUT2D eigenvalue weighted by molar-refractivity contribution is 6.00. The number of nitrogens with zero attached hydrogens (tertiary/aromatic N) is 2. The molecule has 0 aromatic heterocycles. The number of rotatable bonds is 4. The van der Waals surface area contributed by atoms with E-state index in [1.165, 1.54) is 0 Å². The van der Waals surface area contributed by atoms with Crippen molar-refractivity contribution in [1.82, 2.24) is 9.80 Å². The van der Waals surface area contributed by atoms with Gasteiger partial charge in [-0.15, -0.1) is 0 Å². The van der Waals surface area contributed by atoms with Crippen LogP contribution in [0, 0.1) is 6.92 Å². The van der Waals surface area contributed by atoms with Gasteiger partial charge in [0.25, 0.3) is 0 Å². The molecule has 1 heterocycles. The highest BCUT2D eigenvalue weighted by atomic mass is 16.5. The Bertz CT molecular complexity index is 502. The first-order chi connectivity index (χ1) is 10.0. The molecule has 1 aromatic carbocycles. The first-order valence-electron chi connectivity index (χ1n) is 7.61. The lowest BCUT2D eigenvalue weighted by Gasteiger charge is -2.27. The minimum Gasteiger partial charge on any atom is -0.496 e. The first-order valence-corrected chi connectivity index (χ1v) is 7.61. The van der Waals surface area contributed by atoms with Gasteiger partial charge in [-0.2, -0.15) is 0 Å². The Hall–Kier alpha value is -1.39. The Morgan fingerprint density at radius 1 is 1.38 bits per heavy atom. The fraction of sp³-hybridized carbons (Fsp3) is 0.588. The summed E-state index contributed by atoms with van der Waals surface area (Å²) >= 11 is 0. The molecule has 116 valence electrons. The van der Waals surface area contributed by atoms with Gasteiger partial charge >= 0.3 is 0 Å². The molecular weight excluding hydrogens is 264 g/mol. The Kier molecular flexibility index (Phi) is 5.37. The zero-order valence-electron chi connectivity index (χ0n) is 13.6. The number of Topliss-reactive ketones (excluding diaryl/α,β-unsaturated/α-hetero) is 1. The maximum Gasteiger partial charge on any atom is 0.180 e. The van der Waals surface area contributed by atoms with E-state index < -0.39 is 0 Å². The summed E-state index contributed by atoms with van der Waals surface area (Å²) in [4.78, 5) is 17.2. The lowest BCUT2D eigenvalue weighted by atomic mass is 10.1. The molecule has 2 rings (SSSR count). The second-order valence-electron chi connectivity index (χ2n) is 6.06. The van der Waals surface area contributed by atoms with Crippen LogP contribution < -0.4 is 4.74 Å². The number of hydrogen-bond donors (Lipinski definition) is 0. The molecule has 1 aliphatic rings. The summed E-state index contributed by atoms with van der Waals surface area (Å²) in [5, 5.41) is 0. The summed E-state index contributed by atoms with van der Waals surface area (Å²) in [5.74, 6) is 0.822. The van der Waals surface area contributed by atoms with Gasteiger partial charge in [0.2, 0.25) is 0 Å². The molecule has 4 nitrogen and oxygen atoms in total. The number of benzene rings is 1. The molecule has 0 bridgehead atoms. The van der Waals surface area contributed by atoms with Crippen LogP contribution in [0.15, 0.2) is 18.2 Å². The molecule has 0 spiro atoms. The van der Waals surface area contributed by atoms with Crippen molar-refractivity contribution >= 4 is 5.78 Å². The number of likely N-dealkylation sites (N-methyl/N-ethyl adjacent to an activating group) is 1. The van der Waals surface area contributed by atoms with Crippen molar-refractivity contribution in [3.05, 3.63) is 29.3 Å². The lowest BCUT2D eigenvalue weighted by Crippen LogP contribution is -2.40. The van der Waals surface area contributed by atoms with E-state index in [9.17, 15) is 4.79 Å². The number of ether oxygens (including phenoxy) is 1. The SMILES string of the molecule is COc1cc(C)ccc1C(=O)CN1CCCN(C)CC1C. The Balaban J connectivity index is 2.10. The smallest absolute Gasteiger partial charge is 0.180 e. The molecule has 1 unspecified atom stereocenters. The Morgan fingerprint density at radius 3 is 2.86 bits per heavy atom. The number of ketones is 1. The molecule has 4 heteroatoms. The van der Waals surface area contributed by atoms with E-state index in [0.717, 1.165) is 31.6 Å². The third-order valence-electron chi connectivity index (χ3n) is 4.19. The summed E-state index contributed by atoms with van der Waals surface area (Å²) in [6.45, 7) is 7.76. The zero-order valence-corrected chi connectivity index (χ0v) is 13.6. The number of methoxy groups -OCH3 is 1. The summed E-state index contributed by atoms with van der Waals surface area (Å²) < 4.78 is 5.36. The lowest BCUT2D eigenvalue weighted by molar-refractivity contribution is 0.0897. The predicted octanol–water partition coefficient (Wildman–Crippen LogP) is 2.21. The standard InChI is InChI=1S/C17H26N2O2/c1-13-6-7-15(17(10-13)21-4)16(20)12-19-9-5-8-18(3)11-14(19)2/h6-7,10,14H,5,8-9,11-12H2,1-4H3. The molecule has 0 amide bonds. The van der Waals surface area contributed by atoms with Crippen LogP contribution in [-0.2, 0) is 0 Å². The minimum absolute atomic E-state index is 0.142. The summed E-state index contributed by atoms with van der Waals surface area (Å²) in [6.07, 6.45) is 1.11. The van der Waals surface area contributed by atoms with Crippen molar-refractivity contribution in [2.45, 2.75) is 26.3 Å². The van der Waals surface area contributed by atoms with Gasteiger partial charge in [0.1, 0.15) is 5.75 Å². The summed E-state index contributed by atoms with van der Waals surface area (Å²) in [5.41, 5.74) is 1.79. The van der Waals surface area contributed by atoms with Crippen LogP contribution in [0.4, 0.5) is 0 Å². The minimum atomic E-state index is 0.142. The Labute approximate surface area is 127 Å². The second-order valence-corrected chi connectivity index (χ2v) is 6.06. The van der Waals surface area contributed by atoms with Crippen molar-refractivity contribution in [3.63, 3.8) is 0 Å². The summed E-state index contributed by atoms with van der Waals surface area (Å²) in [7, 11) is 3.76. The molecular formula is C17H26N2O2. The summed E-state index contributed by atoms with van der Waals surface area (Å²) in [6, 6.07) is 6.17. The van der Waals surface area contributed by atoms with E-state index in [1.807, 2.05) is 25.1 Å². The monoisotopic (exact) mass is 290 g/mol. The van der Waals surface area contributed by atoms with Crippen molar-refractivity contribution in [3.8, 4) is 5.75 Å². The van der Waals surface area contributed by atoms with Crippen LogP contribution >= 0.6 is 0 Å². The molecule has 0 aliphatic carbocycles. The molecule has 0 N–H and O–H groups in total. The van der Waals surface area contributed by atoms with E-state index in [1.54, 1.807) is 7.11 Å². The molecule has 0 radical (unpaired) electrons. The van der Waals surface area contributed by atoms with E-state index >= 15 is 0 Å². The van der Waals surface area contributed by atoms with Gasteiger partial charge in [-0.3, -0.25) is 9.69 Å². The van der Waals surface area contributed by atoms with Crippen LogP contribution in [0.1, 0.15) is 29.3 Å². The van der Waals surface area contributed by atoms with Crippen molar-refractivity contribution in [2.24, 2.45) is 0 Å². The van der Waals surface area contributed by atoms with Crippen molar-refractivity contribution in [2.75, 3.05) is 40.3 Å². The average molecular weight is 290 g/mol. The maximum absolute atomic E-state index is 12.6. The van der Waals surface area contributed by atoms with Crippen molar-refractivity contribution < 1.29 is 9.53 Å². The van der Waals surface area contributed by atoms with Crippen LogP contribution in [0.3, 0.4) is 0 Å². The molecule has 0 saturated carbocycles. The van der Waals surface area contributed by atoms with Crippen LogP contribution in [0.2, 0.25) is 0 Å². The predicted molar refractivity (Wildman–Crippen MR) is 85.2 cm³/mol. The topological polar surface area (TPSA) is 32.8 Å². The Morgan fingerprint density at radius 2 is 2.14 bits per heavy atom. The van der Waals surface area contributed by atoms with Gasteiger partial charge in [0.15, 0.2) is 5.78 Å². The van der Waals surface area contributed by atoms with Crippen LogP contribution in [0.25, 0.3) is 0 Å². The largest absolute Gasteiger partial charge is 0.496 e. The van der Waals surface area contributed by atoms with Crippen LogP contribution in [-0.4, -0.2) is 62.0 Å². The molecule has 1 saturated heterocycles. The zero-order chi connectivity index (χ0) is 15.4. The molecule has 1 fully saturated rings. The first kappa shape index (κ1) is 16.0. The highest BCUT2D eigenvalue weighted by Gasteiger charge is 2.23. The molecule has 1 aliphatic heterocycles. The number of hydrogen-bond acceptors (Lipinski definition) is 4. The van der Waals surface area contributed by atoms with Gasteiger partial charge in [-0.25, -0.2) is 0 Å². The molecule has 1 atom stereocenters. The average Bonchev–Trinajstić information content (AvgIpc) is 2.60. The van der Waals surface area contributed by atoms with E-state index in [0.29, 0.717) is 23.9 Å². The fourth-order valence-electron chi connectivity index (χ4n) is 2.96. The fourth-order valence-corrected chi connectivity index (χ4v) is 2.96. The molecule has 21 heavy (non-hydrogen) atoms. The van der Waals surface area contributed by atoms with Crippen molar-refractivity contribution in [1.29, 1.82) is 0 Å². The number of carbonyl (C=O) groups is 1. The quantitative estimate of drug-likeness (QED) is 0.796. The van der Waals surface area contributed by atoms with Gasteiger partial charge in [0.05, 0.1) is 19.2 Å². The number of carbonyl (C=O) groups excluding carboxylic acids is 1. The number of aryl methyl sites for hydroxylation is 1. The van der Waals surface area contributed by atoms with Gasteiger partial charge in [-0.05, 0) is 51.6 Å². The van der Waals surface area contributed by atoms with E-state index in [4.69, 9.17) is 4.74 Å². The normalized spacial score (nSPS) is 21.0. The van der Waals surface area contributed by atoms with Gasteiger partial charge in [-0.1, -0.05) is 6.07 Å². The van der Waals surface area contributed by atoms with Gasteiger partial charge in [0, 0.05) is 19.1 Å². The molecule has 1 aromatic rings. The van der Waals surface area contributed by atoms with Gasteiger partial charge < -0.3 is 9.64 Å². The second kappa shape index (κ2) is 7.05. The van der Waals surface area contributed by atoms with E-state index in [2.05, 4.69) is 23.8 Å². The highest BCUT2D eigenvalue weighted by Crippen LogP contribution is 2.21.